The van der Waals surface area contributed by atoms with Crippen LogP contribution in [0.4, 0.5) is 10.1 Å². The van der Waals surface area contributed by atoms with E-state index in [0.717, 1.165) is 10.4 Å². The van der Waals surface area contributed by atoms with Crippen molar-refractivity contribution in [2.24, 2.45) is 11.3 Å². The van der Waals surface area contributed by atoms with Crippen LogP contribution in [0.2, 0.25) is 5.31 Å². The first-order chi connectivity index (χ1) is 17.9. The lowest BCUT2D eigenvalue weighted by Gasteiger charge is -2.35. The Morgan fingerprint density at radius 3 is 2.54 bits per heavy atom. The highest BCUT2D eigenvalue weighted by Crippen LogP contribution is 2.43. The highest BCUT2D eigenvalue weighted by Gasteiger charge is 2.54. The molecule has 216 valence electrons. The van der Waals surface area contributed by atoms with E-state index in [1.807, 2.05) is 6.92 Å². The van der Waals surface area contributed by atoms with Crippen molar-refractivity contribution < 1.29 is 31.9 Å². The van der Waals surface area contributed by atoms with Crippen LogP contribution in [0.15, 0.2) is 24.3 Å². The number of nitrogens with zero attached hydrogens (tertiary/aromatic N) is 1. The summed E-state index contributed by atoms with van der Waals surface area (Å²) in [7, 11) is -0.147. The van der Waals surface area contributed by atoms with E-state index in [2.05, 4.69) is 24.6 Å². The van der Waals surface area contributed by atoms with Crippen LogP contribution in [0.3, 0.4) is 0 Å². The van der Waals surface area contributed by atoms with Crippen molar-refractivity contribution in [3.8, 4) is 0 Å². The molecule has 3 N–H and O–H groups in total. The molecule has 2 fully saturated rings. The van der Waals surface area contributed by atoms with E-state index in [1.54, 1.807) is 35.5 Å². The largest absolute Gasteiger partial charge is 0.364 e. The maximum atomic E-state index is 14.3. The first-order valence-electron chi connectivity index (χ1n) is 13.0. The normalized spacial score (nSPS) is 26.2. The molecule has 0 bridgehead atoms. The molecule has 0 radical (unpaired) electrons. The summed E-state index contributed by atoms with van der Waals surface area (Å²) in [6.45, 7) is 9.08. The molecule has 0 aliphatic carbocycles. The number of rotatable bonds is 11. The molecule has 2 amide bonds. The second-order valence-corrected chi connectivity index (χ2v) is 15.0. The molecule has 0 spiro atoms. The van der Waals surface area contributed by atoms with Crippen LogP contribution >= 0.6 is 9.24 Å². The van der Waals surface area contributed by atoms with E-state index in [4.69, 9.17) is 4.74 Å². The Hall–Kier alpha value is -2.08. The monoisotopic (exact) mass is 584 g/mol. The van der Waals surface area contributed by atoms with Gasteiger partial charge in [-0.25, -0.2) is 4.39 Å². The molecule has 1 aromatic rings. The van der Waals surface area contributed by atoms with Crippen molar-refractivity contribution in [3.63, 3.8) is 0 Å². The molecule has 0 aromatic heterocycles. The van der Waals surface area contributed by atoms with Crippen LogP contribution in [0.1, 0.15) is 47.5 Å². The third-order valence-electron chi connectivity index (χ3n) is 7.84. The van der Waals surface area contributed by atoms with Gasteiger partial charge in [0.2, 0.25) is 11.8 Å². The van der Waals surface area contributed by atoms with Crippen LogP contribution in [0, 0.1) is 17.2 Å². The molecule has 2 heterocycles. The van der Waals surface area contributed by atoms with Gasteiger partial charge in [0.1, 0.15) is 26.3 Å². The number of benzene rings is 1. The van der Waals surface area contributed by atoms with Crippen molar-refractivity contribution in [3.05, 3.63) is 30.1 Å². The molecule has 2 aliphatic heterocycles. The predicted octanol–water partition coefficient (Wildman–Crippen LogP) is 1.21. The van der Waals surface area contributed by atoms with E-state index in [1.165, 1.54) is 18.2 Å². The number of halogens is 1. The Kier molecular flexibility index (Phi) is 9.22. The molecule has 3 rings (SSSR count). The van der Waals surface area contributed by atoms with Gasteiger partial charge in [0.25, 0.3) is 0 Å². The highest BCUT2D eigenvalue weighted by molar-refractivity contribution is 7.90. The fourth-order valence-corrected chi connectivity index (χ4v) is 6.69. The van der Waals surface area contributed by atoms with Crippen molar-refractivity contribution in [2.45, 2.75) is 70.2 Å². The molecule has 10 nitrogen and oxygen atoms in total. The minimum Gasteiger partial charge on any atom is -0.364 e. The molecular formula is C25H39BFN4O6PS. The lowest BCUT2D eigenvalue weighted by atomic mass is 9.63. The fraction of sp³-hybridized carbons (Fsp3) is 0.640. The molecule has 0 saturated carbocycles. The van der Waals surface area contributed by atoms with Gasteiger partial charge in [0.05, 0.1) is 17.1 Å². The molecule has 2 unspecified atom stereocenters. The zero-order valence-corrected chi connectivity index (χ0v) is 25.3. The number of hydrogen-bond acceptors (Lipinski definition) is 6. The van der Waals surface area contributed by atoms with Crippen LogP contribution in [-0.4, -0.2) is 75.3 Å². The number of anilines is 1. The number of ether oxygens (including phenoxy) is 1. The topological polar surface area (TPSA) is 134 Å². The number of hydrogen-bond donors (Lipinski definition) is 3. The number of amides is 2. The highest BCUT2D eigenvalue weighted by atomic mass is 32.2. The summed E-state index contributed by atoms with van der Waals surface area (Å²) in [4.78, 5) is 39.7. The summed E-state index contributed by atoms with van der Waals surface area (Å²) in [5.74, 6) is -2.30. The van der Waals surface area contributed by atoms with Crippen molar-refractivity contribution in [1.82, 2.24) is 14.9 Å². The van der Waals surface area contributed by atoms with Crippen molar-refractivity contribution >= 4 is 50.6 Å². The summed E-state index contributed by atoms with van der Waals surface area (Å²) in [6.07, 6.45) is 0.521. The van der Waals surface area contributed by atoms with E-state index in [-0.39, 0.29) is 37.1 Å². The number of para-hydroxylation sites is 1. The van der Waals surface area contributed by atoms with E-state index in [9.17, 15) is 27.2 Å². The molecule has 2 saturated heterocycles. The van der Waals surface area contributed by atoms with Gasteiger partial charge in [-0.3, -0.25) is 19.1 Å². The Labute approximate surface area is 233 Å². The van der Waals surface area contributed by atoms with E-state index < -0.39 is 55.9 Å². The average molecular weight is 584 g/mol. The Bertz CT molecular complexity index is 1230. The van der Waals surface area contributed by atoms with Gasteiger partial charge < -0.3 is 15.4 Å². The minimum atomic E-state index is -4.36. The third kappa shape index (κ3) is 7.17. The van der Waals surface area contributed by atoms with Gasteiger partial charge in [-0.15, -0.1) is 9.24 Å². The Morgan fingerprint density at radius 1 is 1.33 bits per heavy atom. The standard InChI is InChI=1S/C25H39BFN4O6PS/c1-15-13-31(39(35,36)30-17-9-7-6-8-16(17)27)20(23(15,2)3)21(33)29-18(19(32)14-37-24(4,5)38)12-25(26)10-11-28-22(25)34/h6-9,15,18,20,30H,10-14,26,38H2,1-5H3,(H,28,34)(H,29,33)/t15?,18-,20+,25+/m0/s1. The fourth-order valence-electron chi connectivity index (χ4n) is 4.98. The first-order valence-corrected chi connectivity index (χ1v) is 15.0. The summed E-state index contributed by atoms with van der Waals surface area (Å²) in [6, 6.07) is 3.07. The molecule has 39 heavy (non-hydrogen) atoms. The van der Waals surface area contributed by atoms with E-state index in [0.29, 0.717) is 13.0 Å². The zero-order chi connectivity index (χ0) is 29.4. The molecule has 1 aromatic carbocycles. The maximum absolute atomic E-state index is 14.3. The van der Waals surface area contributed by atoms with Gasteiger partial charge in [-0.2, -0.15) is 12.7 Å². The van der Waals surface area contributed by atoms with Crippen LogP contribution in [0.25, 0.3) is 0 Å². The quantitative estimate of drug-likeness (QED) is 0.265. The minimum absolute atomic E-state index is 0.0119. The molecular weight excluding hydrogens is 545 g/mol. The molecule has 5 atom stereocenters. The zero-order valence-electron chi connectivity index (χ0n) is 23.3. The number of nitrogens with one attached hydrogen (secondary N) is 3. The summed E-state index contributed by atoms with van der Waals surface area (Å²) < 4.78 is 50.0. The lowest BCUT2D eigenvalue weighted by Crippen LogP contribution is -2.56. The van der Waals surface area contributed by atoms with Gasteiger partial charge in [-0.05, 0) is 50.2 Å². The van der Waals surface area contributed by atoms with Crippen molar-refractivity contribution in [1.29, 1.82) is 0 Å². The second-order valence-electron chi connectivity index (χ2n) is 12.0. The summed E-state index contributed by atoms with van der Waals surface area (Å²) >= 11 is 0. The predicted molar refractivity (Wildman–Crippen MR) is 153 cm³/mol. The number of ketones is 1. The Balaban J connectivity index is 1.91. The first kappa shape index (κ1) is 31.5. The molecule has 2 aliphatic rings. The number of carbonyl (C=O) groups excluding carboxylic acids is 3. The van der Waals surface area contributed by atoms with Gasteiger partial charge in [-0.1, -0.05) is 32.9 Å². The van der Waals surface area contributed by atoms with Crippen LogP contribution < -0.4 is 15.4 Å². The number of carbonyl (C=O) groups is 3. The van der Waals surface area contributed by atoms with Crippen LogP contribution in [-0.2, 0) is 29.3 Å². The Morgan fingerprint density at radius 2 is 1.97 bits per heavy atom. The maximum Gasteiger partial charge on any atom is 0.302 e. The van der Waals surface area contributed by atoms with Gasteiger partial charge in [0.15, 0.2) is 5.78 Å². The SMILES string of the molecule is B[C@@]1(C[C@H](NC(=O)[C@H]2N(S(=O)(=O)Nc3ccccc3F)CC(C)C2(C)C)C(=O)COC(C)(C)P)CCNC1=O. The summed E-state index contributed by atoms with van der Waals surface area (Å²) in [5.41, 5.74) is -1.06. The third-order valence-corrected chi connectivity index (χ3v) is 9.47. The average Bonchev–Trinajstić information content (AvgIpc) is 3.27. The smallest absolute Gasteiger partial charge is 0.302 e. The van der Waals surface area contributed by atoms with Gasteiger partial charge >= 0.3 is 10.2 Å². The van der Waals surface area contributed by atoms with Crippen molar-refractivity contribution in [2.75, 3.05) is 24.4 Å². The van der Waals surface area contributed by atoms with Gasteiger partial charge in [0, 0.05) is 18.4 Å². The number of Topliss-reactive ketones (excluding diaryl/α,β-unsaturated/α-hetero) is 1. The van der Waals surface area contributed by atoms with Crippen LogP contribution in [0.5, 0.6) is 0 Å². The second kappa shape index (κ2) is 11.4. The van der Waals surface area contributed by atoms with E-state index >= 15 is 0 Å². The lowest BCUT2D eigenvalue weighted by molar-refractivity contribution is -0.135. The summed E-state index contributed by atoms with van der Waals surface area (Å²) in [5, 5.41) is 3.95. The molecule has 14 heteroatoms.